The van der Waals surface area contributed by atoms with Crippen molar-refractivity contribution in [2.45, 2.75) is 26.0 Å². The number of nitrogens with one attached hydrogen (secondary N) is 2. The van der Waals surface area contributed by atoms with Crippen LogP contribution in [0.3, 0.4) is 0 Å². The second-order valence-electron chi connectivity index (χ2n) is 2.90. The van der Waals surface area contributed by atoms with E-state index in [4.69, 9.17) is 0 Å². The first-order valence-electron chi connectivity index (χ1n) is 4.15. The van der Waals surface area contributed by atoms with Gasteiger partial charge in [-0.15, -0.1) is 0 Å². The molecule has 0 radical (unpaired) electrons. The minimum Gasteiger partial charge on any atom is -0.309 e. The lowest BCUT2D eigenvalue weighted by Crippen LogP contribution is -2.40. The highest BCUT2D eigenvalue weighted by Gasteiger charge is 2.17. The largest absolute Gasteiger partial charge is 0.309 e. The van der Waals surface area contributed by atoms with E-state index in [0.29, 0.717) is 6.54 Å². The SMILES string of the molecule is CCNCC(=O)NS(=O)(=O)C(C)C. The molecule has 0 aliphatic heterocycles. The molecule has 1 amide bonds. The Morgan fingerprint density at radius 1 is 1.38 bits per heavy atom. The van der Waals surface area contributed by atoms with Crippen LogP contribution in [0.5, 0.6) is 0 Å². The van der Waals surface area contributed by atoms with Crippen LogP contribution in [0, 0.1) is 0 Å². The fourth-order valence-electron chi connectivity index (χ4n) is 0.551. The molecule has 0 saturated carbocycles. The molecule has 0 aromatic rings. The highest BCUT2D eigenvalue weighted by molar-refractivity contribution is 7.90. The van der Waals surface area contributed by atoms with E-state index in [0.717, 1.165) is 0 Å². The number of hydrogen-bond acceptors (Lipinski definition) is 4. The lowest BCUT2D eigenvalue weighted by molar-refractivity contribution is -0.118. The average Bonchev–Trinajstić information content (AvgIpc) is 1.99. The summed E-state index contributed by atoms with van der Waals surface area (Å²) in [6.45, 7) is 5.54. The molecule has 0 unspecified atom stereocenters. The first kappa shape index (κ1) is 12.4. The number of amides is 1. The van der Waals surface area contributed by atoms with Crippen molar-refractivity contribution < 1.29 is 13.2 Å². The van der Waals surface area contributed by atoms with Gasteiger partial charge in [-0.25, -0.2) is 8.42 Å². The molecule has 0 aromatic heterocycles. The number of hydrogen-bond donors (Lipinski definition) is 2. The van der Waals surface area contributed by atoms with Gasteiger partial charge in [0.15, 0.2) is 0 Å². The summed E-state index contributed by atoms with van der Waals surface area (Å²) in [4.78, 5) is 11.0. The normalized spacial score (nSPS) is 11.7. The van der Waals surface area contributed by atoms with E-state index in [9.17, 15) is 13.2 Å². The smallest absolute Gasteiger partial charge is 0.247 e. The van der Waals surface area contributed by atoms with Gasteiger partial charge in [0.1, 0.15) is 0 Å². The summed E-state index contributed by atoms with van der Waals surface area (Å²) in [5, 5.41) is 2.15. The number of rotatable bonds is 5. The van der Waals surface area contributed by atoms with E-state index in [1.807, 2.05) is 11.6 Å². The van der Waals surface area contributed by atoms with Gasteiger partial charge in [-0.3, -0.25) is 9.52 Å². The van der Waals surface area contributed by atoms with E-state index in [-0.39, 0.29) is 6.54 Å². The lowest BCUT2D eigenvalue weighted by atomic mass is 10.6. The van der Waals surface area contributed by atoms with Gasteiger partial charge in [-0.05, 0) is 20.4 Å². The van der Waals surface area contributed by atoms with Crippen molar-refractivity contribution in [1.82, 2.24) is 10.0 Å². The molecule has 0 aliphatic rings. The van der Waals surface area contributed by atoms with Crippen molar-refractivity contribution in [1.29, 1.82) is 0 Å². The monoisotopic (exact) mass is 208 g/mol. The van der Waals surface area contributed by atoms with E-state index in [1.165, 1.54) is 13.8 Å². The standard InChI is InChI=1S/C7H16N2O3S/c1-4-8-5-7(10)9-13(11,12)6(2)3/h6,8H,4-5H2,1-3H3,(H,9,10). The Morgan fingerprint density at radius 3 is 2.31 bits per heavy atom. The Morgan fingerprint density at radius 2 is 1.92 bits per heavy atom. The quantitative estimate of drug-likeness (QED) is 0.635. The predicted molar refractivity (Wildman–Crippen MR) is 50.7 cm³/mol. The zero-order valence-corrected chi connectivity index (χ0v) is 8.94. The van der Waals surface area contributed by atoms with Crippen LogP contribution >= 0.6 is 0 Å². The highest BCUT2D eigenvalue weighted by Crippen LogP contribution is 1.94. The number of sulfonamides is 1. The summed E-state index contributed by atoms with van der Waals surface area (Å²) in [5.74, 6) is -0.518. The van der Waals surface area contributed by atoms with Crippen LogP contribution in [-0.2, 0) is 14.8 Å². The molecule has 0 bridgehead atoms. The van der Waals surface area contributed by atoms with E-state index >= 15 is 0 Å². The molecule has 0 heterocycles. The van der Waals surface area contributed by atoms with Gasteiger partial charge in [-0.1, -0.05) is 6.92 Å². The van der Waals surface area contributed by atoms with Crippen molar-refractivity contribution >= 4 is 15.9 Å². The number of carbonyl (C=O) groups excluding carboxylic acids is 1. The minimum atomic E-state index is -3.47. The molecule has 6 heteroatoms. The molecule has 0 spiro atoms. The van der Waals surface area contributed by atoms with Crippen molar-refractivity contribution in [3.05, 3.63) is 0 Å². The van der Waals surface area contributed by atoms with Gasteiger partial charge in [0.2, 0.25) is 15.9 Å². The first-order valence-corrected chi connectivity index (χ1v) is 5.70. The van der Waals surface area contributed by atoms with Crippen molar-refractivity contribution in [3.8, 4) is 0 Å². The molecule has 78 valence electrons. The van der Waals surface area contributed by atoms with Crippen LogP contribution in [-0.4, -0.2) is 32.7 Å². The van der Waals surface area contributed by atoms with Gasteiger partial charge < -0.3 is 5.32 Å². The third-order valence-corrected chi connectivity index (χ3v) is 3.17. The van der Waals surface area contributed by atoms with Crippen LogP contribution in [0.1, 0.15) is 20.8 Å². The van der Waals surface area contributed by atoms with Gasteiger partial charge in [0, 0.05) is 0 Å². The molecule has 0 rings (SSSR count). The molecule has 2 N–H and O–H groups in total. The molecule has 0 saturated heterocycles. The Balaban J connectivity index is 4.06. The lowest BCUT2D eigenvalue weighted by Gasteiger charge is -2.09. The fraction of sp³-hybridized carbons (Fsp3) is 0.857. The molecule has 0 aliphatic carbocycles. The van der Waals surface area contributed by atoms with E-state index in [1.54, 1.807) is 0 Å². The maximum Gasteiger partial charge on any atom is 0.247 e. The summed E-state index contributed by atoms with van der Waals surface area (Å²) in [6.07, 6.45) is 0. The van der Waals surface area contributed by atoms with Gasteiger partial charge in [0.05, 0.1) is 11.8 Å². The Kier molecular flexibility index (Phi) is 4.94. The zero-order chi connectivity index (χ0) is 10.5. The molecule has 0 aromatic carbocycles. The maximum atomic E-state index is 11.1. The van der Waals surface area contributed by atoms with Crippen molar-refractivity contribution in [3.63, 3.8) is 0 Å². The zero-order valence-electron chi connectivity index (χ0n) is 8.12. The Labute approximate surface area is 79.0 Å². The van der Waals surface area contributed by atoms with Crippen molar-refractivity contribution in [2.75, 3.05) is 13.1 Å². The summed E-state index contributed by atoms with van der Waals surface area (Å²) in [7, 11) is -3.47. The summed E-state index contributed by atoms with van der Waals surface area (Å²) < 4.78 is 24.2. The number of carbonyl (C=O) groups is 1. The molecule has 0 fully saturated rings. The van der Waals surface area contributed by atoms with Gasteiger partial charge >= 0.3 is 0 Å². The minimum absolute atomic E-state index is 0.0302. The van der Waals surface area contributed by atoms with Gasteiger partial charge in [-0.2, -0.15) is 0 Å². The summed E-state index contributed by atoms with van der Waals surface area (Å²) >= 11 is 0. The third kappa shape index (κ3) is 4.84. The Hall–Kier alpha value is -0.620. The highest BCUT2D eigenvalue weighted by atomic mass is 32.2. The maximum absolute atomic E-state index is 11.1. The molecule has 13 heavy (non-hydrogen) atoms. The second kappa shape index (κ2) is 5.18. The first-order chi connectivity index (χ1) is 5.90. The second-order valence-corrected chi connectivity index (χ2v) is 5.14. The van der Waals surface area contributed by atoms with Crippen LogP contribution in [0.4, 0.5) is 0 Å². The van der Waals surface area contributed by atoms with E-state index < -0.39 is 21.2 Å². The Bertz CT molecular complexity index is 259. The topological polar surface area (TPSA) is 75.3 Å². The third-order valence-electron chi connectivity index (χ3n) is 1.41. The van der Waals surface area contributed by atoms with Crippen LogP contribution in [0.2, 0.25) is 0 Å². The fourth-order valence-corrected chi connectivity index (χ4v) is 1.18. The van der Waals surface area contributed by atoms with E-state index in [2.05, 4.69) is 5.32 Å². The van der Waals surface area contributed by atoms with Crippen LogP contribution in [0.25, 0.3) is 0 Å². The van der Waals surface area contributed by atoms with Crippen LogP contribution in [0.15, 0.2) is 0 Å². The molecular weight excluding hydrogens is 192 g/mol. The van der Waals surface area contributed by atoms with Crippen molar-refractivity contribution in [2.24, 2.45) is 0 Å². The summed E-state index contributed by atoms with van der Waals surface area (Å²) in [6, 6.07) is 0. The van der Waals surface area contributed by atoms with Gasteiger partial charge in [0.25, 0.3) is 0 Å². The molecular formula is C7H16N2O3S. The molecule has 0 atom stereocenters. The number of likely N-dealkylation sites (N-methyl/N-ethyl adjacent to an activating group) is 1. The average molecular weight is 208 g/mol. The predicted octanol–water partition coefficient (Wildman–Crippen LogP) is -0.550. The molecule has 5 nitrogen and oxygen atoms in total. The summed E-state index contributed by atoms with van der Waals surface area (Å²) in [5.41, 5.74) is 0. The van der Waals surface area contributed by atoms with Crippen LogP contribution < -0.4 is 10.0 Å².